The molecule has 7 heteroatoms. The maximum absolute atomic E-state index is 12.1. The van der Waals surface area contributed by atoms with Crippen LogP contribution in [0.3, 0.4) is 0 Å². The molecule has 0 aliphatic carbocycles. The molecule has 0 bridgehead atoms. The number of halogens is 3. The Morgan fingerprint density at radius 2 is 1.79 bits per heavy atom. The van der Waals surface area contributed by atoms with Gasteiger partial charge in [0, 0.05) is 10.0 Å². The second-order valence-corrected chi connectivity index (χ2v) is 6.26. The van der Waals surface area contributed by atoms with Crippen LogP contribution >= 0.6 is 34.8 Å². The minimum Gasteiger partial charge on any atom is -0.452 e. The number of hydrogen-bond donors (Lipinski definition) is 1. The molecule has 0 heterocycles. The molecule has 0 aromatic heterocycles. The Balaban J connectivity index is 1.93. The average molecular weight is 387 g/mol. The van der Waals surface area contributed by atoms with Gasteiger partial charge in [-0.05, 0) is 36.8 Å². The minimum atomic E-state index is -0.972. The van der Waals surface area contributed by atoms with Crippen molar-refractivity contribution in [3.8, 4) is 0 Å². The minimum absolute atomic E-state index is 0.0558. The SMILES string of the molecule is CC(OC(=O)Cc1ccc(Cl)cc1Cl)C(=O)Nc1ccccc1Cl. The number of amides is 1. The Labute approximate surface area is 154 Å². The second-order valence-electron chi connectivity index (χ2n) is 5.01. The first-order valence-corrected chi connectivity index (χ1v) is 8.19. The van der Waals surface area contributed by atoms with E-state index in [0.717, 1.165) is 0 Å². The number of para-hydroxylation sites is 1. The number of nitrogens with one attached hydrogen (secondary N) is 1. The summed E-state index contributed by atoms with van der Waals surface area (Å²) in [5.41, 5.74) is 1.03. The highest BCUT2D eigenvalue weighted by atomic mass is 35.5. The van der Waals surface area contributed by atoms with E-state index in [1.54, 1.807) is 42.5 Å². The molecule has 1 atom stereocenters. The molecule has 0 radical (unpaired) electrons. The first-order valence-electron chi connectivity index (χ1n) is 7.05. The lowest BCUT2D eigenvalue weighted by atomic mass is 10.1. The van der Waals surface area contributed by atoms with E-state index in [4.69, 9.17) is 39.5 Å². The number of hydrogen-bond acceptors (Lipinski definition) is 3. The van der Waals surface area contributed by atoms with Crippen molar-refractivity contribution in [3.05, 3.63) is 63.1 Å². The molecule has 4 nitrogen and oxygen atoms in total. The van der Waals surface area contributed by atoms with E-state index in [-0.39, 0.29) is 6.42 Å². The van der Waals surface area contributed by atoms with Gasteiger partial charge in [-0.25, -0.2) is 0 Å². The molecule has 2 aromatic rings. The van der Waals surface area contributed by atoms with Crippen LogP contribution in [0.15, 0.2) is 42.5 Å². The van der Waals surface area contributed by atoms with Gasteiger partial charge in [-0.15, -0.1) is 0 Å². The fourth-order valence-corrected chi connectivity index (χ4v) is 2.57. The summed E-state index contributed by atoms with van der Waals surface area (Å²) in [6.07, 6.45) is -1.03. The van der Waals surface area contributed by atoms with Crippen molar-refractivity contribution in [2.45, 2.75) is 19.4 Å². The van der Waals surface area contributed by atoms with E-state index in [2.05, 4.69) is 5.32 Å². The van der Waals surface area contributed by atoms with Crippen molar-refractivity contribution in [3.63, 3.8) is 0 Å². The first kappa shape index (κ1) is 18.6. The fraction of sp³-hybridized carbons (Fsp3) is 0.176. The predicted molar refractivity (Wildman–Crippen MR) is 95.8 cm³/mol. The fourth-order valence-electron chi connectivity index (χ4n) is 1.91. The van der Waals surface area contributed by atoms with Gasteiger partial charge >= 0.3 is 5.97 Å². The van der Waals surface area contributed by atoms with Crippen molar-refractivity contribution >= 4 is 52.4 Å². The maximum Gasteiger partial charge on any atom is 0.311 e. The monoisotopic (exact) mass is 385 g/mol. The first-order chi connectivity index (χ1) is 11.4. The van der Waals surface area contributed by atoms with Crippen LogP contribution in [0, 0.1) is 0 Å². The number of anilines is 1. The Hall–Kier alpha value is -1.75. The van der Waals surface area contributed by atoms with Crippen LogP contribution in [0.4, 0.5) is 5.69 Å². The topological polar surface area (TPSA) is 55.4 Å². The molecular formula is C17H14Cl3NO3. The largest absolute Gasteiger partial charge is 0.452 e. The zero-order valence-electron chi connectivity index (χ0n) is 12.7. The highest BCUT2D eigenvalue weighted by Gasteiger charge is 2.19. The molecule has 1 N–H and O–H groups in total. The Morgan fingerprint density at radius 1 is 1.08 bits per heavy atom. The molecule has 2 rings (SSSR count). The van der Waals surface area contributed by atoms with Crippen LogP contribution in [-0.2, 0) is 20.7 Å². The van der Waals surface area contributed by atoms with E-state index in [0.29, 0.717) is 26.3 Å². The summed E-state index contributed by atoms with van der Waals surface area (Å²) >= 11 is 17.8. The number of carbonyl (C=O) groups excluding carboxylic acids is 2. The molecule has 0 saturated heterocycles. The van der Waals surface area contributed by atoms with Crippen LogP contribution in [0.5, 0.6) is 0 Å². The summed E-state index contributed by atoms with van der Waals surface area (Å²) < 4.78 is 5.13. The quantitative estimate of drug-likeness (QED) is 0.754. The van der Waals surface area contributed by atoms with Crippen LogP contribution < -0.4 is 5.32 Å². The Morgan fingerprint density at radius 3 is 2.46 bits per heavy atom. The van der Waals surface area contributed by atoms with Crippen molar-refractivity contribution in [1.82, 2.24) is 0 Å². The van der Waals surface area contributed by atoms with Crippen molar-refractivity contribution in [2.24, 2.45) is 0 Å². The van der Waals surface area contributed by atoms with E-state index in [1.165, 1.54) is 6.92 Å². The predicted octanol–water partition coefficient (Wildman–Crippen LogP) is 4.76. The van der Waals surface area contributed by atoms with Gasteiger partial charge in [0.1, 0.15) is 0 Å². The Kier molecular flexibility index (Phi) is 6.49. The van der Waals surface area contributed by atoms with Crippen LogP contribution in [-0.4, -0.2) is 18.0 Å². The highest BCUT2D eigenvalue weighted by molar-refractivity contribution is 6.35. The summed E-state index contributed by atoms with van der Waals surface area (Å²) in [5, 5.41) is 3.85. The molecule has 126 valence electrons. The average Bonchev–Trinajstić information content (AvgIpc) is 2.52. The zero-order chi connectivity index (χ0) is 17.7. The molecule has 0 aliphatic heterocycles. The van der Waals surface area contributed by atoms with Gasteiger partial charge < -0.3 is 10.1 Å². The number of carbonyl (C=O) groups is 2. The summed E-state index contributed by atoms with van der Waals surface area (Å²) in [5.74, 6) is -1.04. The van der Waals surface area contributed by atoms with Crippen LogP contribution in [0.25, 0.3) is 0 Å². The van der Waals surface area contributed by atoms with Crippen molar-refractivity contribution in [1.29, 1.82) is 0 Å². The van der Waals surface area contributed by atoms with E-state index < -0.39 is 18.0 Å². The smallest absolute Gasteiger partial charge is 0.311 e. The zero-order valence-corrected chi connectivity index (χ0v) is 15.0. The number of ether oxygens (including phenoxy) is 1. The number of esters is 1. The van der Waals surface area contributed by atoms with Crippen molar-refractivity contribution in [2.75, 3.05) is 5.32 Å². The highest BCUT2D eigenvalue weighted by Crippen LogP contribution is 2.22. The van der Waals surface area contributed by atoms with E-state index >= 15 is 0 Å². The van der Waals surface area contributed by atoms with Crippen LogP contribution in [0.1, 0.15) is 12.5 Å². The lowest BCUT2D eigenvalue weighted by molar-refractivity contribution is -0.152. The molecule has 0 fully saturated rings. The summed E-state index contributed by atoms with van der Waals surface area (Å²) in [4.78, 5) is 24.0. The molecule has 2 aromatic carbocycles. The number of benzene rings is 2. The molecular weight excluding hydrogens is 373 g/mol. The molecule has 0 spiro atoms. The van der Waals surface area contributed by atoms with Gasteiger partial charge in [0.25, 0.3) is 5.91 Å². The summed E-state index contributed by atoms with van der Waals surface area (Å²) in [6, 6.07) is 11.6. The number of rotatable bonds is 5. The third kappa shape index (κ3) is 5.13. The van der Waals surface area contributed by atoms with Gasteiger partial charge in [0.2, 0.25) is 0 Å². The lowest BCUT2D eigenvalue weighted by Crippen LogP contribution is -2.30. The maximum atomic E-state index is 12.1. The van der Waals surface area contributed by atoms with Gasteiger partial charge in [-0.3, -0.25) is 9.59 Å². The third-order valence-corrected chi connectivity index (χ3v) is 4.08. The van der Waals surface area contributed by atoms with Gasteiger partial charge in [0.05, 0.1) is 17.1 Å². The molecule has 1 unspecified atom stereocenters. The molecule has 1 amide bonds. The molecule has 0 saturated carbocycles. The van der Waals surface area contributed by atoms with Gasteiger partial charge in [-0.1, -0.05) is 53.0 Å². The summed E-state index contributed by atoms with van der Waals surface area (Å²) in [7, 11) is 0. The van der Waals surface area contributed by atoms with Crippen LogP contribution in [0.2, 0.25) is 15.1 Å². The van der Waals surface area contributed by atoms with E-state index in [1.807, 2.05) is 0 Å². The third-order valence-electron chi connectivity index (χ3n) is 3.16. The standard InChI is InChI=1S/C17H14Cl3NO3/c1-10(17(23)21-15-5-3-2-4-13(15)19)24-16(22)8-11-6-7-12(18)9-14(11)20/h2-7,9-10H,8H2,1H3,(H,21,23). The normalized spacial score (nSPS) is 11.7. The second kappa shape index (κ2) is 8.38. The van der Waals surface area contributed by atoms with Gasteiger partial charge in [-0.2, -0.15) is 0 Å². The van der Waals surface area contributed by atoms with Crippen molar-refractivity contribution < 1.29 is 14.3 Å². The van der Waals surface area contributed by atoms with Gasteiger partial charge in [0.15, 0.2) is 6.10 Å². The molecule has 24 heavy (non-hydrogen) atoms. The lowest BCUT2D eigenvalue weighted by Gasteiger charge is -2.14. The Bertz CT molecular complexity index is 764. The summed E-state index contributed by atoms with van der Waals surface area (Å²) in [6.45, 7) is 1.48. The van der Waals surface area contributed by atoms with E-state index in [9.17, 15) is 9.59 Å². The molecule has 0 aliphatic rings.